The van der Waals surface area contributed by atoms with Gasteiger partial charge in [-0.1, -0.05) is 17.7 Å². The number of piperidine rings is 1. The van der Waals surface area contributed by atoms with Crippen molar-refractivity contribution in [3.63, 3.8) is 0 Å². The maximum atomic E-state index is 10.6. The zero-order chi connectivity index (χ0) is 25.4. The molecule has 1 saturated heterocycles. The zero-order valence-electron chi connectivity index (χ0n) is 19.4. The summed E-state index contributed by atoms with van der Waals surface area (Å²) in [6.07, 6.45) is 1.19. The molecule has 10 heteroatoms. The first-order valence-electron chi connectivity index (χ1n) is 11.5. The molecule has 1 aliphatic heterocycles. The van der Waals surface area contributed by atoms with Crippen LogP contribution in [0, 0.1) is 12.8 Å². The van der Waals surface area contributed by atoms with Crippen LogP contribution in [-0.4, -0.2) is 40.3 Å². The van der Waals surface area contributed by atoms with Crippen molar-refractivity contribution in [2.24, 2.45) is 5.92 Å². The number of aromatic nitrogens is 2. The minimum Gasteiger partial charge on any atom is -0.486 e. The van der Waals surface area contributed by atoms with Gasteiger partial charge < -0.3 is 20.1 Å². The van der Waals surface area contributed by atoms with Crippen LogP contribution in [0.1, 0.15) is 42.6 Å². The van der Waals surface area contributed by atoms with Crippen molar-refractivity contribution in [1.29, 1.82) is 0 Å². The highest BCUT2D eigenvalue weighted by Crippen LogP contribution is 2.24. The number of aromatic amines is 1. The van der Waals surface area contributed by atoms with Crippen LogP contribution in [0.5, 0.6) is 5.75 Å². The van der Waals surface area contributed by atoms with E-state index in [-0.39, 0.29) is 0 Å². The number of hydrogen-bond acceptors (Lipinski definition) is 4. The van der Waals surface area contributed by atoms with Gasteiger partial charge in [0.2, 0.25) is 0 Å². The molecule has 190 valence electrons. The van der Waals surface area contributed by atoms with Crippen LogP contribution in [0.4, 0.5) is 13.2 Å². The molecule has 1 fully saturated rings. The van der Waals surface area contributed by atoms with Crippen LogP contribution in [-0.2, 0) is 17.8 Å². The van der Waals surface area contributed by atoms with Crippen molar-refractivity contribution in [2.45, 2.75) is 51.8 Å². The summed E-state index contributed by atoms with van der Waals surface area (Å²) in [6.45, 7) is 4.93. The number of aryl methyl sites for hydroxylation is 2. The van der Waals surface area contributed by atoms with E-state index < -0.39 is 12.1 Å². The Kier molecular flexibility index (Phi) is 9.40. The van der Waals surface area contributed by atoms with E-state index in [1.807, 2.05) is 24.3 Å². The highest BCUT2D eigenvalue weighted by molar-refractivity contribution is 6.30. The number of rotatable bonds is 7. The number of halogens is 4. The molecule has 3 N–H and O–H groups in total. The molecule has 0 aliphatic carbocycles. The molecule has 1 unspecified atom stereocenters. The van der Waals surface area contributed by atoms with Gasteiger partial charge in [0.15, 0.2) is 0 Å². The number of imidazole rings is 1. The van der Waals surface area contributed by atoms with E-state index in [1.165, 1.54) is 49.9 Å². The Balaban J connectivity index is 0.000000429. The fourth-order valence-electron chi connectivity index (χ4n) is 4.09. The van der Waals surface area contributed by atoms with Crippen LogP contribution < -0.4 is 10.1 Å². The van der Waals surface area contributed by atoms with Gasteiger partial charge in [0, 0.05) is 5.02 Å². The van der Waals surface area contributed by atoms with Crippen molar-refractivity contribution >= 4 is 28.6 Å². The normalized spacial score (nSPS) is 16.0. The summed E-state index contributed by atoms with van der Waals surface area (Å²) in [5.41, 5.74) is 4.80. The lowest BCUT2D eigenvalue weighted by Crippen LogP contribution is -2.29. The highest BCUT2D eigenvalue weighted by Gasteiger charge is 2.38. The van der Waals surface area contributed by atoms with Crippen LogP contribution in [0.2, 0.25) is 5.02 Å². The Hall–Kier alpha value is -2.78. The van der Waals surface area contributed by atoms with Crippen molar-refractivity contribution in [3.05, 3.63) is 58.4 Å². The molecule has 4 rings (SSSR count). The molecular formula is C25H29ClF3N3O3. The lowest BCUT2D eigenvalue weighted by molar-refractivity contribution is -0.192. The molecule has 1 atom stereocenters. The number of carboxylic acid groups (broad SMARTS) is 1. The van der Waals surface area contributed by atoms with Crippen molar-refractivity contribution in [1.82, 2.24) is 15.3 Å². The Morgan fingerprint density at radius 3 is 2.60 bits per heavy atom. The van der Waals surface area contributed by atoms with E-state index in [4.69, 9.17) is 31.2 Å². The van der Waals surface area contributed by atoms with Crippen molar-refractivity contribution < 1.29 is 27.8 Å². The molecule has 2 heterocycles. The molecule has 0 bridgehead atoms. The Morgan fingerprint density at radius 2 is 1.97 bits per heavy atom. The molecular weight excluding hydrogens is 483 g/mol. The summed E-state index contributed by atoms with van der Waals surface area (Å²) >= 11 is 5.93. The van der Waals surface area contributed by atoms with Crippen molar-refractivity contribution in [2.75, 3.05) is 13.1 Å². The first kappa shape index (κ1) is 26.8. The van der Waals surface area contributed by atoms with Gasteiger partial charge in [-0.2, -0.15) is 13.2 Å². The third-order valence-corrected chi connectivity index (χ3v) is 6.00. The second-order valence-electron chi connectivity index (χ2n) is 8.65. The SMILES string of the molecule is Cc1cc(CCCC2CCCNC2)c2nc(COc3ccc(Cl)cc3)[nH]c2c1.O=C(O)C(F)(F)F. The van der Waals surface area contributed by atoms with E-state index in [2.05, 4.69) is 29.4 Å². The quantitative estimate of drug-likeness (QED) is 0.359. The summed E-state index contributed by atoms with van der Waals surface area (Å²) in [5.74, 6) is -0.278. The third-order valence-electron chi connectivity index (χ3n) is 5.75. The Bertz CT molecular complexity index is 1110. The van der Waals surface area contributed by atoms with Crippen LogP contribution in [0.15, 0.2) is 36.4 Å². The fourth-order valence-corrected chi connectivity index (χ4v) is 4.22. The zero-order valence-corrected chi connectivity index (χ0v) is 20.2. The number of carboxylic acids is 1. The lowest BCUT2D eigenvalue weighted by atomic mass is 9.92. The number of fused-ring (bicyclic) bond motifs is 1. The first-order chi connectivity index (χ1) is 16.6. The molecule has 0 radical (unpaired) electrons. The van der Waals surface area contributed by atoms with Gasteiger partial charge in [-0.15, -0.1) is 0 Å². The summed E-state index contributed by atoms with van der Waals surface area (Å²) in [6, 6.07) is 11.9. The Morgan fingerprint density at radius 1 is 1.26 bits per heavy atom. The van der Waals surface area contributed by atoms with Gasteiger partial charge in [0.05, 0.1) is 11.0 Å². The van der Waals surface area contributed by atoms with Gasteiger partial charge in [0.1, 0.15) is 18.2 Å². The third kappa shape index (κ3) is 8.43. The number of aliphatic carboxylic acids is 1. The minimum atomic E-state index is -5.08. The first-order valence-corrected chi connectivity index (χ1v) is 11.9. The van der Waals surface area contributed by atoms with Gasteiger partial charge in [-0.25, -0.2) is 9.78 Å². The van der Waals surface area contributed by atoms with Crippen LogP contribution in [0.25, 0.3) is 11.0 Å². The van der Waals surface area contributed by atoms with Crippen molar-refractivity contribution in [3.8, 4) is 5.75 Å². The minimum absolute atomic E-state index is 0.419. The summed E-state index contributed by atoms with van der Waals surface area (Å²) in [5, 5.41) is 11.4. The monoisotopic (exact) mass is 511 g/mol. The van der Waals surface area contributed by atoms with Gasteiger partial charge >= 0.3 is 12.1 Å². The van der Waals surface area contributed by atoms with E-state index in [0.717, 1.165) is 34.9 Å². The van der Waals surface area contributed by atoms with E-state index >= 15 is 0 Å². The van der Waals surface area contributed by atoms with E-state index in [9.17, 15) is 13.2 Å². The number of carbonyl (C=O) groups is 1. The van der Waals surface area contributed by atoms with E-state index in [1.54, 1.807) is 0 Å². The molecule has 1 aliphatic rings. The average molecular weight is 512 g/mol. The number of nitrogens with zero attached hydrogens (tertiary/aromatic N) is 1. The number of ether oxygens (including phenoxy) is 1. The second-order valence-corrected chi connectivity index (χ2v) is 9.09. The summed E-state index contributed by atoms with van der Waals surface area (Å²) in [7, 11) is 0. The topological polar surface area (TPSA) is 87.2 Å². The number of nitrogens with one attached hydrogen (secondary N) is 2. The number of benzene rings is 2. The average Bonchev–Trinajstić information content (AvgIpc) is 3.22. The van der Waals surface area contributed by atoms with Crippen LogP contribution >= 0.6 is 11.6 Å². The highest BCUT2D eigenvalue weighted by atomic mass is 35.5. The summed E-state index contributed by atoms with van der Waals surface area (Å²) < 4.78 is 37.6. The Labute approximate surface area is 206 Å². The maximum absolute atomic E-state index is 10.6. The number of alkyl halides is 3. The van der Waals surface area contributed by atoms with Gasteiger partial charge in [-0.3, -0.25) is 0 Å². The molecule has 0 spiro atoms. The largest absolute Gasteiger partial charge is 0.490 e. The van der Waals surface area contributed by atoms with Gasteiger partial charge in [0.25, 0.3) is 0 Å². The molecule has 3 aromatic rings. The molecule has 1 aromatic heterocycles. The predicted octanol–water partition coefficient (Wildman–Crippen LogP) is 6.06. The van der Waals surface area contributed by atoms with E-state index in [0.29, 0.717) is 11.6 Å². The molecule has 2 aromatic carbocycles. The molecule has 35 heavy (non-hydrogen) atoms. The van der Waals surface area contributed by atoms with Gasteiger partial charge in [-0.05, 0) is 99.5 Å². The number of hydrogen-bond donors (Lipinski definition) is 3. The lowest BCUT2D eigenvalue weighted by Gasteiger charge is -2.22. The standard InChI is InChI=1S/C23H28ClN3O.C2HF3O2/c1-16-12-18(6-2-4-17-5-3-11-25-14-17)23-21(13-16)26-22(27-23)15-28-20-9-7-19(24)8-10-20;3-2(4,5)1(6)7/h7-10,12-13,17,25H,2-6,11,14-15H2,1H3,(H,26,27);(H,6,7). The number of H-pyrrole nitrogens is 1. The maximum Gasteiger partial charge on any atom is 0.490 e. The molecule has 6 nitrogen and oxygen atoms in total. The van der Waals surface area contributed by atoms with Crippen LogP contribution in [0.3, 0.4) is 0 Å². The molecule has 0 saturated carbocycles. The second kappa shape index (κ2) is 12.3. The fraction of sp³-hybridized carbons (Fsp3) is 0.440. The smallest absolute Gasteiger partial charge is 0.486 e. The summed E-state index contributed by atoms with van der Waals surface area (Å²) in [4.78, 5) is 17.2. The predicted molar refractivity (Wildman–Crippen MR) is 129 cm³/mol. The molecule has 0 amide bonds.